The fourth-order valence-electron chi connectivity index (χ4n) is 2.29. The van der Waals surface area contributed by atoms with Gasteiger partial charge in [-0.15, -0.1) is 0 Å². The minimum atomic E-state index is -0.348. The average molecular weight is 324 g/mol. The molecule has 5 nitrogen and oxygen atoms in total. The third-order valence-electron chi connectivity index (χ3n) is 3.43. The molecule has 0 spiro atoms. The first-order valence-corrected chi connectivity index (χ1v) is 7.09. The number of nitrogens with zero attached hydrogens (tertiary/aromatic N) is 4. The molecule has 118 valence electrons. The van der Waals surface area contributed by atoms with E-state index in [9.17, 15) is 8.78 Å². The number of fused-ring (bicyclic) bond motifs is 1. The zero-order valence-electron chi connectivity index (χ0n) is 12.2. The average Bonchev–Trinajstić information content (AvgIpc) is 3.03. The minimum Gasteiger partial charge on any atom is -0.438 e. The van der Waals surface area contributed by atoms with Gasteiger partial charge in [0.15, 0.2) is 5.65 Å². The van der Waals surface area contributed by atoms with Crippen molar-refractivity contribution in [3.63, 3.8) is 0 Å². The van der Waals surface area contributed by atoms with Crippen molar-refractivity contribution in [1.82, 2.24) is 19.7 Å². The molecule has 4 rings (SSSR count). The molecule has 0 atom stereocenters. The Labute approximate surface area is 135 Å². The Bertz CT molecular complexity index is 997. The van der Waals surface area contributed by atoms with Crippen LogP contribution in [-0.4, -0.2) is 19.7 Å². The lowest BCUT2D eigenvalue weighted by atomic mass is 10.3. The van der Waals surface area contributed by atoms with Crippen LogP contribution in [0.1, 0.15) is 0 Å². The number of halogens is 2. The van der Waals surface area contributed by atoms with E-state index in [1.807, 2.05) is 0 Å². The van der Waals surface area contributed by atoms with E-state index in [0.717, 1.165) is 0 Å². The van der Waals surface area contributed by atoms with Crippen LogP contribution in [0.15, 0.2) is 61.1 Å². The Kier molecular flexibility index (Phi) is 3.38. The van der Waals surface area contributed by atoms with Gasteiger partial charge in [-0.1, -0.05) is 0 Å². The maximum Gasteiger partial charge on any atom is 0.233 e. The number of hydrogen-bond acceptors (Lipinski definition) is 4. The smallest absolute Gasteiger partial charge is 0.233 e. The Balaban J connectivity index is 1.76. The Morgan fingerprint density at radius 2 is 1.50 bits per heavy atom. The van der Waals surface area contributed by atoms with E-state index in [4.69, 9.17) is 4.74 Å². The topological polar surface area (TPSA) is 52.8 Å². The first-order valence-electron chi connectivity index (χ1n) is 7.09. The molecule has 2 aromatic carbocycles. The summed E-state index contributed by atoms with van der Waals surface area (Å²) in [4.78, 5) is 8.32. The van der Waals surface area contributed by atoms with Crippen molar-refractivity contribution < 1.29 is 13.5 Å². The molecular weight excluding hydrogens is 314 g/mol. The lowest BCUT2D eigenvalue weighted by Gasteiger charge is -2.06. The predicted octanol–water partition coefficient (Wildman–Crippen LogP) is 3.89. The van der Waals surface area contributed by atoms with Crippen LogP contribution < -0.4 is 4.74 Å². The second-order valence-electron chi connectivity index (χ2n) is 5.00. The first kappa shape index (κ1) is 14.3. The van der Waals surface area contributed by atoms with Crippen molar-refractivity contribution in [1.29, 1.82) is 0 Å². The molecule has 7 heteroatoms. The molecule has 0 aliphatic rings. The van der Waals surface area contributed by atoms with Crippen LogP contribution in [0.25, 0.3) is 16.7 Å². The van der Waals surface area contributed by atoms with Gasteiger partial charge in [-0.05, 0) is 48.5 Å². The lowest BCUT2D eigenvalue weighted by molar-refractivity contribution is 0.466. The summed E-state index contributed by atoms with van der Waals surface area (Å²) in [5, 5.41) is 4.85. The van der Waals surface area contributed by atoms with Crippen molar-refractivity contribution in [2.75, 3.05) is 0 Å². The third-order valence-corrected chi connectivity index (χ3v) is 3.43. The molecule has 0 aliphatic carbocycles. The Hall–Kier alpha value is -3.35. The molecule has 0 bridgehead atoms. The van der Waals surface area contributed by atoms with Crippen LogP contribution in [0.4, 0.5) is 8.78 Å². The molecule has 0 aliphatic heterocycles. The zero-order chi connectivity index (χ0) is 16.5. The van der Waals surface area contributed by atoms with Gasteiger partial charge in [0.2, 0.25) is 5.88 Å². The summed E-state index contributed by atoms with van der Waals surface area (Å²) in [6.45, 7) is 0. The number of ether oxygens (including phenoxy) is 1. The molecule has 0 radical (unpaired) electrons. The number of hydrogen-bond donors (Lipinski definition) is 0. The summed E-state index contributed by atoms with van der Waals surface area (Å²) in [5.41, 5.74) is 1.19. The Morgan fingerprint density at radius 1 is 0.833 bits per heavy atom. The molecular formula is C17H10F2N4O. The van der Waals surface area contributed by atoms with E-state index in [2.05, 4.69) is 15.1 Å². The fraction of sp³-hybridized carbons (Fsp3) is 0. The summed E-state index contributed by atoms with van der Waals surface area (Å²) in [7, 11) is 0. The summed E-state index contributed by atoms with van der Waals surface area (Å²) in [5.74, 6) is 0.0791. The van der Waals surface area contributed by atoms with Crippen LogP contribution in [-0.2, 0) is 0 Å². The lowest BCUT2D eigenvalue weighted by Crippen LogP contribution is -1.98. The highest BCUT2D eigenvalue weighted by Crippen LogP contribution is 2.27. The van der Waals surface area contributed by atoms with Gasteiger partial charge in [-0.25, -0.2) is 23.4 Å². The summed E-state index contributed by atoms with van der Waals surface area (Å²) >= 11 is 0. The van der Waals surface area contributed by atoms with Crippen LogP contribution in [0.2, 0.25) is 0 Å². The van der Waals surface area contributed by atoms with Gasteiger partial charge in [0.1, 0.15) is 29.1 Å². The number of benzene rings is 2. The van der Waals surface area contributed by atoms with Crippen molar-refractivity contribution in [2.24, 2.45) is 0 Å². The molecule has 0 N–H and O–H groups in total. The second kappa shape index (κ2) is 5.69. The molecule has 0 fully saturated rings. The standard InChI is InChI=1S/C17H10F2N4O/c18-11-1-5-13(6-2-11)23-16-15(9-22-23)17(21-10-20-16)24-14-7-3-12(19)4-8-14/h1-10H. The van der Waals surface area contributed by atoms with Gasteiger partial charge in [0.05, 0.1) is 11.9 Å². The van der Waals surface area contributed by atoms with Crippen LogP contribution in [0.3, 0.4) is 0 Å². The molecule has 0 saturated heterocycles. The molecule has 2 aromatic heterocycles. The molecule has 24 heavy (non-hydrogen) atoms. The van der Waals surface area contributed by atoms with Gasteiger partial charge >= 0.3 is 0 Å². The monoisotopic (exact) mass is 324 g/mol. The number of rotatable bonds is 3. The van der Waals surface area contributed by atoms with Crippen LogP contribution in [0.5, 0.6) is 11.6 Å². The van der Waals surface area contributed by atoms with Crippen molar-refractivity contribution in [3.05, 3.63) is 72.7 Å². The molecule has 0 saturated carbocycles. The molecule has 0 unspecified atom stereocenters. The van der Waals surface area contributed by atoms with E-state index in [0.29, 0.717) is 28.4 Å². The highest BCUT2D eigenvalue weighted by Gasteiger charge is 2.13. The van der Waals surface area contributed by atoms with Crippen molar-refractivity contribution in [2.45, 2.75) is 0 Å². The van der Waals surface area contributed by atoms with Gasteiger partial charge < -0.3 is 4.74 Å². The summed E-state index contributed by atoms with van der Waals surface area (Å²) in [6.07, 6.45) is 2.92. The molecule has 4 aromatic rings. The van der Waals surface area contributed by atoms with E-state index >= 15 is 0 Å². The first-order chi connectivity index (χ1) is 11.7. The van der Waals surface area contributed by atoms with E-state index in [-0.39, 0.29) is 11.6 Å². The maximum atomic E-state index is 13.1. The van der Waals surface area contributed by atoms with E-state index in [1.54, 1.807) is 23.0 Å². The number of aromatic nitrogens is 4. The highest BCUT2D eigenvalue weighted by atomic mass is 19.1. The molecule has 0 amide bonds. The fourth-order valence-corrected chi connectivity index (χ4v) is 2.29. The van der Waals surface area contributed by atoms with Gasteiger partial charge in [-0.3, -0.25) is 0 Å². The van der Waals surface area contributed by atoms with Crippen molar-refractivity contribution >= 4 is 11.0 Å². The van der Waals surface area contributed by atoms with Crippen LogP contribution >= 0.6 is 0 Å². The van der Waals surface area contributed by atoms with E-state index < -0.39 is 0 Å². The largest absolute Gasteiger partial charge is 0.438 e. The zero-order valence-corrected chi connectivity index (χ0v) is 12.2. The minimum absolute atomic E-state index is 0.306. The van der Waals surface area contributed by atoms with E-state index in [1.165, 1.54) is 42.7 Å². The molecule has 2 heterocycles. The SMILES string of the molecule is Fc1ccc(Oc2ncnc3c2cnn3-c2ccc(F)cc2)cc1. The normalized spacial score (nSPS) is 10.9. The van der Waals surface area contributed by atoms with Gasteiger partial charge in [0, 0.05) is 0 Å². The van der Waals surface area contributed by atoms with Gasteiger partial charge in [0.25, 0.3) is 0 Å². The highest BCUT2D eigenvalue weighted by molar-refractivity contribution is 5.81. The van der Waals surface area contributed by atoms with Crippen molar-refractivity contribution in [3.8, 4) is 17.3 Å². The summed E-state index contributed by atoms with van der Waals surface area (Å²) < 4.78 is 33.3. The summed E-state index contributed by atoms with van der Waals surface area (Å²) in [6, 6.07) is 11.5. The van der Waals surface area contributed by atoms with Gasteiger partial charge in [-0.2, -0.15) is 5.10 Å². The Morgan fingerprint density at radius 3 is 2.21 bits per heavy atom. The van der Waals surface area contributed by atoms with Crippen LogP contribution in [0, 0.1) is 11.6 Å². The quantitative estimate of drug-likeness (QED) is 0.574. The third kappa shape index (κ3) is 2.56. The second-order valence-corrected chi connectivity index (χ2v) is 5.00. The maximum absolute atomic E-state index is 13.1. The predicted molar refractivity (Wildman–Crippen MR) is 83.1 cm³/mol.